The van der Waals surface area contributed by atoms with Gasteiger partial charge in [0.2, 0.25) is 5.91 Å². The van der Waals surface area contributed by atoms with Crippen molar-refractivity contribution in [3.63, 3.8) is 0 Å². The maximum Gasteiger partial charge on any atom is 0.323 e. The lowest BCUT2D eigenvalue weighted by Crippen LogP contribution is -2.39. The zero-order valence-corrected chi connectivity index (χ0v) is 9.27. The lowest BCUT2D eigenvalue weighted by Gasteiger charge is -2.18. The van der Waals surface area contributed by atoms with Crippen LogP contribution in [0.25, 0.3) is 0 Å². The Hall–Kier alpha value is -1.85. The largest absolute Gasteiger partial charge is 0.480 e. The van der Waals surface area contributed by atoms with Crippen LogP contribution >= 0.6 is 0 Å². The molecule has 2 N–H and O–H groups in total. The molecule has 0 aliphatic heterocycles. The summed E-state index contributed by atoms with van der Waals surface area (Å²) in [5.74, 6) is -3.04. The van der Waals surface area contributed by atoms with Gasteiger partial charge < -0.3 is 15.1 Å². The molecule has 0 aromatic heterocycles. The quantitative estimate of drug-likeness (QED) is 0.640. The number of carbonyl (C=O) groups excluding carboxylic acids is 1. The van der Waals surface area contributed by atoms with Crippen LogP contribution in [-0.4, -0.2) is 46.0 Å². The number of aliphatic carboxylic acids is 2. The van der Waals surface area contributed by atoms with Crippen LogP contribution in [0.1, 0.15) is 20.3 Å². The molecule has 0 aromatic rings. The first-order valence-corrected chi connectivity index (χ1v) is 4.78. The van der Waals surface area contributed by atoms with Crippen molar-refractivity contribution in [2.45, 2.75) is 20.3 Å². The lowest BCUT2D eigenvalue weighted by molar-refractivity contribution is -0.147. The highest BCUT2D eigenvalue weighted by Gasteiger charge is 2.20. The Morgan fingerprint density at radius 3 is 1.88 bits per heavy atom. The summed E-state index contributed by atoms with van der Waals surface area (Å²) in [4.78, 5) is 33.4. The average Bonchev–Trinajstić information content (AvgIpc) is 2.14. The van der Waals surface area contributed by atoms with E-state index in [1.54, 1.807) is 6.08 Å². The highest BCUT2D eigenvalue weighted by Crippen LogP contribution is 2.02. The first-order valence-electron chi connectivity index (χ1n) is 4.78. The van der Waals surface area contributed by atoms with Crippen LogP contribution in [0.15, 0.2) is 11.6 Å². The molecule has 0 saturated heterocycles. The molecule has 0 rings (SSSR count). The van der Waals surface area contributed by atoms with Crippen LogP contribution < -0.4 is 0 Å². The molecule has 0 fully saturated rings. The van der Waals surface area contributed by atoms with Gasteiger partial charge in [0.05, 0.1) is 0 Å². The Morgan fingerprint density at radius 1 is 1.12 bits per heavy atom. The second-order valence-electron chi connectivity index (χ2n) is 3.24. The van der Waals surface area contributed by atoms with Crippen LogP contribution in [0.5, 0.6) is 0 Å². The van der Waals surface area contributed by atoms with Crippen molar-refractivity contribution >= 4 is 17.8 Å². The predicted molar refractivity (Wildman–Crippen MR) is 55.9 cm³/mol. The summed E-state index contributed by atoms with van der Waals surface area (Å²) in [5.41, 5.74) is 0.352. The van der Waals surface area contributed by atoms with E-state index in [0.29, 0.717) is 12.0 Å². The van der Waals surface area contributed by atoms with Crippen molar-refractivity contribution in [2.24, 2.45) is 0 Å². The molecule has 0 aliphatic rings. The minimum absolute atomic E-state index is 0.352. The van der Waals surface area contributed by atoms with E-state index in [4.69, 9.17) is 10.2 Å². The van der Waals surface area contributed by atoms with Gasteiger partial charge in [0.1, 0.15) is 13.1 Å². The van der Waals surface area contributed by atoms with Gasteiger partial charge in [0.25, 0.3) is 0 Å². The molecule has 6 heteroatoms. The number of hydrogen-bond donors (Lipinski definition) is 2. The number of amides is 1. The zero-order chi connectivity index (χ0) is 12.7. The monoisotopic (exact) mass is 229 g/mol. The standard InChI is InChI=1S/C10H15NO5/c1-3-4-7(2)10(16)11(5-8(12)13)6-9(14)15/h4H,3,5-6H2,1-2H3,(H,12,13)(H,14,15). The van der Waals surface area contributed by atoms with E-state index in [0.717, 1.165) is 4.90 Å². The highest BCUT2D eigenvalue weighted by molar-refractivity contribution is 5.96. The minimum atomic E-state index is -1.24. The minimum Gasteiger partial charge on any atom is -0.480 e. The molecule has 0 spiro atoms. The number of nitrogens with zero attached hydrogens (tertiary/aromatic N) is 1. The smallest absolute Gasteiger partial charge is 0.323 e. The van der Waals surface area contributed by atoms with Crippen LogP contribution in [-0.2, 0) is 14.4 Å². The summed E-state index contributed by atoms with van der Waals surface area (Å²) in [7, 11) is 0. The number of carboxylic acids is 2. The Kier molecular flexibility index (Phi) is 5.84. The zero-order valence-electron chi connectivity index (χ0n) is 9.27. The van der Waals surface area contributed by atoms with Crippen molar-refractivity contribution in [1.82, 2.24) is 4.90 Å². The Bertz CT molecular complexity index is 305. The van der Waals surface area contributed by atoms with Gasteiger partial charge in [-0.3, -0.25) is 14.4 Å². The molecule has 16 heavy (non-hydrogen) atoms. The molecule has 0 radical (unpaired) electrons. The molecule has 0 heterocycles. The fourth-order valence-corrected chi connectivity index (χ4v) is 1.17. The van der Waals surface area contributed by atoms with E-state index in [-0.39, 0.29) is 0 Å². The summed E-state index contributed by atoms with van der Waals surface area (Å²) >= 11 is 0. The average molecular weight is 229 g/mol. The molecule has 0 saturated carbocycles. The Balaban J connectivity index is 4.74. The van der Waals surface area contributed by atoms with Crippen molar-refractivity contribution in [3.8, 4) is 0 Å². The number of carboxylic acid groups (broad SMARTS) is 2. The third-order valence-electron chi connectivity index (χ3n) is 1.79. The maximum absolute atomic E-state index is 11.6. The second-order valence-corrected chi connectivity index (χ2v) is 3.24. The first-order chi connectivity index (χ1) is 7.38. The Labute approximate surface area is 93.2 Å². The summed E-state index contributed by atoms with van der Waals surface area (Å²) in [6.07, 6.45) is 2.25. The maximum atomic E-state index is 11.6. The van der Waals surface area contributed by atoms with Gasteiger partial charge in [-0.05, 0) is 13.3 Å². The first kappa shape index (κ1) is 14.2. The van der Waals surface area contributed by atoms with E-state index in [1.165, 1.54) is 6.92 Å². The molecule has 90 valence electrons. The molecule has 0 atom stereocenters. The third kappa shape index (κ3) is 5.14. The molecule has 0 aliphatic carbocycles. The van der Waals surface area contributed by atoms with Crippen molar-refractivity contribution < 1.29 is 24.6 Å². The Morgan fingerprint density at radius 2 is 1.56 bits per heavy atom. The topological polar surface area (TPSA) is 94.9 Å². The molecule has 0 bridgehead atoms. The molecular formula is C10H15NO5. The van der Waals surface area contributed by atoms with E-state index in [9.17, 15) is 14.4 Å². The fourth-order valence-electron chi connectivity index (χ4n) is 1.17. The molecule has 0 unspecified atom stereocenters. The van der Waals surface area contributed by atoms with Gasteiger partial charge in [-0.25, -0.2) is 0 Å². The van der Waals surface area contributed by atoms with Gasteiger partial charge in [-0.15, -0.1) is 0 Å². The predicted octanol–water partition coefficient (Wildman–Crippen LogP) is 0.341. The molecule has 0 aromatic carbocycles. The third-order valence-corrected chi connectivity index (χ3v) is 1.79. The van der Waals surface area contributed by atoms with Crippen LogP contribution in [0.2, 0.25) is 0 Å². The summed E-state index contributed by atoms with van der Waals surface area (Å²) in [6.45, 7) is 2.14. The van der Waals surface area contributed by atoms with Gasteiger partial charge in [-0.1, -0.05) is 13.0 Å². The van der Waals surface area contributed by atoms with E-state index in [2.05, 4.69) is 0 Å². The SMILES string of the molecule is CCC=C(C)C(=O)N(CC(=O)O)CC(=O)O. The fraction of sp³-hybridized carbons (Fsp3) is 0.500. The van der Waals surface area contributed by atoms with Crippen molar-refractivity contribution in [2.75, 3.05) is 13.1 Å². The molecule has 6 nitrogen and oxygen atoms in total. The summed E-state index contributed by atoms with van der Waals surface area (Å²) in [6, 6.07) is 0. The highest BCUT2D eigenvalue weighted by atomic mass is 16.4. The number of allylic oxidation sites excluding steroid dienone is 1. The van der Waals surface area contributed by atoms with Crippen molar-refractivity contribution in [3.05, 3.63) is 11.6 Å². The van der Waals surface area contributed by atoms with Crippen LogP contribution in [0.4, 0.5) is 0 Å². The van der Waals surface area contributed by atoms with E-state index < -0.39 is 30.9 Å². The number of carbonyl (C=O) groups is 3. The van der Waals surface area contributed by atoms with Gasteiger partial charge in [-0.2, -0.15) is 0 Å². The number of rotatable bonds is 6. The molecular weight excluding hydrogens is 214 g/mol. The van der Waals surface area contributed by atoms with Crippen molar-refractivity contribution in [1.29, 1.82) is 0 Å². The van der Waals surface area contributed by atoms with Crippen LogP contribution in [0.3, 0.4) is 0 Å². The summed E-state index contributed by atoms with van der Waals surface area (Å²) in [5, 5.41) is 17.1. The van der Waals surface area contributed by atoms with Gasteiger partial charge in [0, 0.05) is 5.57 Å². The second kappa shape index (κ2) is 6.60. The normalized spacial score (nSPS) is 11.0. The van der Waals surface area contributed by atoms with Crippen LogP contribution in [0, 0.1) is 0 Å². The lowest BCUT2D eigenvalue weighted by atomic mass is 10.2. The summed E-state index contributed by atoms with van der Waals surface area (Å²) < 4.78 is 0. The van der Waals surface area contributed by atoms with E-state index in [1.807, 2.05) is 6.92 Å². The van der Waals surface area contributed by atoms with E-state index >= 15 is 0 Å². The number of hydrogen-bond acceptors (Lipinski definition) is 3. The molecule has 1 amide bonds. The van der Waals surface area contributed by atoms with Gasteiger partial charge in [0.15, 0.2) is 0 Å². The van der Waals surface area contributed by atoms with Gasteiger partial charge >= 0.3 is 11.9 Å².